The number of benzene rings is 1. The molecule has 1 N–H and O–H groups in total. The normalized spacial score (nSPS) is 11.1. The Morgan fingerprint density at radius 3 is 2.52 bits per heavy atom. The van der Waals surface area contributed by atoms with Gasteiger partial charge in [0.05, 0.1) is 0 Å². The van der Waals surface area contributed by atoms with E-state index in [-0.39, 0.29) is 29.6 Å². The number of amides is 1. The van der Waals surface area contributed by atoms with Crippen molar-refractivity contribution in [3.8, 4) is 10.6 Å². The third-order valence-electron chi connectivity index (χ3n) is 2.65. The predicted molar refractivity (Wildman–Crippen MR) is 85.7 cm³/mol. The van der Waals surface area contributed by atoms with Crippen LogP contribution in [0.3, 0.4) is 0 Å². The van der Waals surface area contributed by atoms with Gasteiger partial charge in [-0.25, -0.2) is 14.2 Å². The maximum atomic E-state index is 12.9. The molecule has 0 fully saturated rings. The van der Waals surface area contributed by atoms with E-state index in [0.29, 0.717) is 10.6 Å². The molecule has 1 heterocycles. The molecule has 1 amide bonds. The Morgan fingerprint density at radius 2 is 1.91 bits per heavy atom. The second kappa shape index (κ2) is 6.87. The van der Waals surface area contributed by atoms with E-state index >= 15 is 0 Å². The zero-order valence-corrected chi connectivity index (χ0v) is 13.9. The summed E-state index contributed by atoms with van der Waals surface area (Å²) in [6, 6.07) is 5.82. The molecule has 0 saturated heterocycles. The van der Waals surface area contributed by atoms with Crippen molar-refractivity contribution in [2.45, 2.75) is 26.3 Å². The van der Waals surface area contributed by atoms with Gasteiger partial charge in [-0.3, -0.25) is 4.79 Å². The number of nitrogens with one attached hydrogen (secondary N) is 1. The molecule has 0 aliphatic carbocycles. The molecule has 5 nitrogen and oxygen atoms in total. The van der Waals surface area contributed by atoms with Crippen LogP contribution < -0.4 is 5.32 Å². The van der Waals surface area contributed by atoms with Gasteiger partial charge in [-0.05, 0) is 45.0 Å². The smallest absolute Gasteiger partial charge is 0.358 e. The van der Waals surface area contributed by atoms with E-state index in [1.165, 1.54) is 23.5 Å². The minimum atomic E-state index is -0.668. The molecule has 0 spiro atoms. The number of carbonyl (C=O) groups is 2. The second-order valence-electron chi connectivity index (χ2n) is 5.92. The quantitative estimate of drug-likeness (QED) is 0.872. The van der Waals surface area contributed by atoms with Crippen LogP contribution in [0.5, 0.6) is 0 Å². The molecule has 2 rings (SSSR count). The van der Waals surface area contributed by atoms with E-state index in [0.717, 1.165) is 0 Å². The van der Waals surface area contributed by atoms with E-state index in [2.05, 4.69) is 10.3 Å². The lowest BCUT2D eigenvalue weighted by Crippen LogP contribution is -2.42. The molecule has 0 radical (unpaired) electrons. The molecular weight excluding hydrogens is 319 g/mol. The molecule has 0 saturated carbocycles. The van der Waals surface area contributed by atoms with Crippen molar-refractivity contribution in [1.82, 2.24) is 10.3 Å². The number of rotatable bonds is 4. The number of hydrogen-bond acceptors (Lipinski definition) is 5. The Kier molecular flexibility index (Phi) is 5.10. The zero-order chi connectivity index (χ0) is 17.0. The predicted octanol–water partition coefficient (Wildman–Crippen LogP) is 3.02. The fourth-order valence-corrected chi connectivity index (χ4v) is 2.55. The van der Waals surface area contributed by atoms with Gasteiger partial charge in [-0.15, -0.1) is 11.3 Å². The number of ether oxygens (including phenoxy) is 1. The minimum absolute atomic E-state index is 0.123. The average Bonchev–Trinajstić information content (AvgIpc) is 2.93. The fraction of sp³-hybridized carbons (Fsp3) is 0.312. The van der Waals surface area contributed by atoms with Crippen molar-refractivity contribution in [1.29, 1.82) is 0 Å². The first-order chi connectivity index (χ1) is 10.7. The molecule has 23 heavy (non-hydrogen) atoms. The summed E-state index contributed by atoms with van der Waals surface area (Å²) in [6.07, 6.45) is 0. The largest absolute Gasteiger partial charge is 0.451 e. The Hall–Kier alpha value is -2.28. The first kappa shape index (κ1) is 17.1. The van der Waals surface area contributed by atoms with Crippen molar-refractivity contribution < 1.29 is 18.7 Å². The van der Waals surface area contributed by atoms with Crippen molar-refractivity contribution in [3.63, 3.8) is 0 Å². The summed E-state index contributed by atoms with van der Waals surface area (Å²) in [5, 5.41) is 4.82. The van der Waals surface area contributed by atoms with Gasteiger partial charge in [-0.2, -0.15) is 0 Å². The van der Waals surface area contributed by atoms with Crippen LogP contribution in [0.15, 0.2) is 29.6 Å². The molecular formula is C16H17FN2O3S. The molecule has 122 valence electrons. The lowest BCUT2D eigenvalue weighted by molar-refractivity contribution is -0.125. The minimum Gasteiger partial charge on any atom is -0.451 e. The van der Waals surface area contributed by atoms with Crippen molar-refractivity contribution >= 4 is 23.2 Å². The standard InChI is InChI=1S/C16H17FN2O3S/c1-16(2,3)19-13(20)8-22-15(21)12-9-23-14(18-12)10-4-6-11(17)7-5-10/h4-7,9H,8H2,1-3H3,(H,19,20). The summed E-state index contributed by atoms with van der Waals surface area (Å²) in [6.45, 7) is 5.14. The fourth-order valence-electron chi connectivity index (χ4n) is 1.75. The van der Waals surface area contributed by atoms with Crippen molar-refractivity contribution in [3.05, 3.63) is 41.2 Å². The van der Waals surface area contributed by atoms with Crippen LogP contribution in [0, 0.1) is 5.82 Å². The van der Waals surface area contributed by atoms with E-state index in [1.807, 2.05) is 20.8 Å². The first-order valence-corrected chi connectivity index (χ1v) is 7.82. The van der Waals surface area contributed by atoms with Gasteiger partial charge in [0.15, 0.2) is 12.3 Å². The van der Waals surface area contributed by atoms with Crippen LogP contribution in [-0.2, 0) is 9.53 Å². The Bertz CT molecular complexity index is 705. The third-order valence-corrected chi connectivity index (χ3v) is 3.54. The van der Waals surface area contributed by atoms with Crippen LogP contribution in [0.1, 0.15) is 31.3 Å². The van der Waals surface area contributed by atoms with Crippen LogP contribution in [0.4, 0.5) is 4.39 Å². The highest BCUT2D eigenvalue weighted by molar-refractivity contribution is 7.13. The number of thiazole rings is 1. The van der Waals surface area contributed by atoms with Crippen LogP contribution in [-0.4, -0.2) is 29.0 Å². The highest BCUT2D eigenvalue weighted by atomic mass is 32.1. The molecule has 0 aliphatic heterocycles. The molecule has 0 bridgehead atoms. The third kappa shape index (κ3) is 5.14. The van der Waals surface area contributed by atoms with E-state index in [1.54, 1.807) is 17.5 Å². The van der Waals surface area contributed by atoms with Gasteiger partial charge in [0.25, 0.3) is 5.91 Å². The summed E-state index contributed by atoms with van der Waals surface area (Å²) >= 11 is 1.25. The number of carbonyl (C=O) groups excluding carboxylic acids is 2. The van der Waals surface area contributed by atoms with E-state index in [4.69, 9.17) is 4.74 Å². The molecule has 2 aromatic rings. The monoisotopic (exact) mass is 336 g/mol. The maximum absolute atomic E-state index is 12.9. The second-order valence-corrected chi connectivity index (χ2v) is 6.78. The summed E-state index contributed by atoms with van der Waals surface area (Å²) in [4.78, 5) is 27.7. The number of nitrogens with zero attached hydrogens (tertiary/aromatic N) is 1. The van der Waals surface area contributed by atoms with Crippen molar-refractivity contribution in [2.75, 3.05) is 6.61 Å². The molecule has 1 aromatic carbocycles. The van der Waals surface area contributed by atoms with Gasteiger partial charge >= 0.3 is 5.97 Å². The van der Waals surface area contributed by atoms with Gasteiger partial charge in [0.1, 0.15) is 10.8 Å². The Morgan fingerprint density at radius 1 is 1.26 bits per heavy atom. The SMILES string of the molecule is CC(C)(C)NC(=O)COC(=O)c1csc(-c2ccc(F)cc2)n1. The van der Waals surface area contributed by atoms with Crippen LogP contribution in [0.25, 0.3) is 10.6 Å². The lowest BCUT2D eigenvalue weighted by atomic mass is 10.1. The molecule has 1 aromatic heterocycles. The van der Waals surface area contributed by atoms with Gasteiger partial charge < -0.3 is 10.1 Å². The molecule has 0 atom stereocenters. The maximum Gasteiger partial charge on any atom is 0.358 e. The van der Waals surface area contributed by atoms with Crippen molar-refractivity contribution in [2.24, 2.45) is 0 Å². The van der Waals surface area contributed by atoms with E-state index < -0.39 is 5.97 Å². The average molecular weight is 336 g/mol. The van der Waals surface area contributed by atoms with Gasteiger partial charge in [0.2, 0.25) is 0 Å². The van der Waals surface area contributed by atoms with Gasteiger partial charge in [-0.1, -0.05) is 0 Å². The van der Waals surface area contributed by atoms with E-state index in [9.17, 15) is 14.0 Å². The summed E-state index contributed by atoms with van der Waals surface area (Å²) in [7, 11) is 0. The molecule has 7 heteroatoms. The first-order valence-electron chi connectivity index (χ1n) is 6.94. The lowest BCUT2D eigenvalue weighted by Gasteiger charge is -2.20. The number of esters is 1. The highest BCUT2D eigenvalue weighted by Crippen LogP contribution is 2.24. The van der Waals surface area contributed by atoms with Crippen LogP contribution >= 0.6 is 11.3 Å². The molecule has 0 unspecified atom stereocenters. The van der Waals surface area contributed by atoms with Gasteiger partial charge in [0, 0.05) is 16.5 Å². The topological polar surface area (TPSA) is 68.3 Å². The number of aromatic nitrogens is 1. The highest BCUT2D eigenvalue weighted by Gasteiger charge is 2.17. The van der Waals surface area contributed by atoms with Crippen LogP contribution in [0.2, 0.25) is 0 Å². The summed E-state index contributed by atoms with van der Waals surface area (Å²) in [5.74, 6) is -1.38. The Labute approximate surface area is 137 Å². The molecule has 0 aliphatic rings. The number of hydrogen-bond donors (Lipinski definition) is 1. The summed E-state index contributed by atoms with van der Waals surface area (Å²) in [5.41, 5.74) is 0.443. The number of halogens is 1. The Balaban J connectivity index is 1.96. The zero-order valence-electron chi connectivity index (χ0n) is 13.1. The summed E-state index contributed by atoms with van der Waals surface area (Å²) < 4.78 is 17.8.